The highest BCUT2D eigenvalue weighted by Crippen LogP contribution is 2.42. The minimum atomic E-state index is -2.68. The molecule has 0 aliphatic carbocycles. The number of ether oxygens (including phenoxy) is 3. The Bertz CT molecular complexity index is 385. The van der Waals surface area contributed by atoms with Crippen LogP contribution in [0.1, 0.15) is 11.6 Å². The Morgan fingerprint density at radius 3 is 2.00 bits per heavy atom. The van der Waals surface area contributed by atoms with Gasteiger partial charge < -0.3 is 19.9 Å². The van der Waals surface area contributed by atoms with Crippen LogP contribution in [0.2, 0.25) is 0 Å². The summed E-state index contributed by atoms with van der Waals surface area (Å²) in [4.78, 5) is 0. The first kappa shape index (κ1) is 13.5. The van der Waals surface area contributed by atoms with Gasteiger partial charge in [0.05, 0.1) is 27.4 Å². The number of rotatable bonds is 5. The molecule has 4 nitrogen and oxygen atoms in total. The molecule has 0 saturated carbocycles. The van der Waals surface area contributed by atoms with E-state index in [2.05, 4.69) is 0 Å². The molecule has 1 aromatic rings. The molecule has 1 atom stereocenters. The third-order valence-corrected chi connectivity index (χ3v) is 2.37. The van der Waals surface area contributed by atoms with E-state index < -0.39 is 12.5 Å². The van der Waals surface area contributed by atoms with Crippen molar-refractivity contribution in [3.05, 3.63) is 17.7 Å². The molecule has 1 unspecified atom stereocenters. The summed E-state index contributed by atoms with van der Waals surface area (Å²) < 4.78 is 40.4. The smallest absolute Gasteiger partial charge is 0.257 e. The van der Waals surface area contributed by atoms with Gasteiger partial charge in [-0.3, -0.25) is 0 Å². The Hall–Kier alpha value is -1.56. The van der Waals surface area contributed by atoms with E-state index in [4.69, 9.17) is 19.9 Å². The van der Waals surface area contributed by atoms with E-state index in [1.54, 1.807) is 0 Å². The summed E-state index contributed by atoms with van der Waals surface area (Å²) in [5.41, 5.74) is 5.58. The molecule has 1 aromatic carbocycles. The van der Waals surface area contributed by atoms with Gasteiger partial charge in [-0.2, -0.15) is 0 Å². The minimum Gasteiger partial charge on any atom is -0.493 e. The fourth-order valence-corrected chi connectivity index (χ4v) is 1.52. The molecular formula is C11H15F2NO3. The van der Waals surface area contributed by atoms with Crippen molar-refractivity contribution < 1.29 is 23.0 Å². The van der Waals surface area contributed by atoms with Crippen molar-refractivity contribution >= 4 is 0 Å². The van der Waals surface area contributed by atoms with E-state index in [-0.39, 0.29) is 17.1 Å². The van der Waals surface area contributed by atoms with Gasteiger partial charge in [0.1, 0.15) is 0 Å². The molecule has 0 amide bonds. The van der Waals surface area contributed by atoms with Crippen LogP contribution in [0.25, 0.3) is 0 Å². The van der Waals surface area contributed by atoms with Gasteiger partial charge in [-0.25, -0.2) is 8.78 Å². The monoisotopic (exact) mass is 247 g/mol. The summed E-state index contributed by atoms with van der Waals surface area (Å²) >= 11 is 0. The predicted octanol–water partition coefficient (Wildman–Crippen LogP) is 1.98. The normalized spacial score (nSPS) is 12.4. The maximum atomic E-state index is 12.6. The van der Waals surface area contributed by atoms with Gasteiger partial charge in [-0.05, 0) is 12.1 Å². The zero-order valence-electron chi connectivity index (χ0n) is 9.87. The van der Waals surface area contributed by atoms with Crippen LogP contribution in [-0.2, 0) is 0 Å². The average Bonchev–Trinajstić information content (AvgIpc) is 2.35. The molecule has 0 aliphatic rings. The fraction of sp³-hybridized carbons (Fsp3) is 0.455. The first-order valence-electron chi connectivity index (χ1n) is 4.89. The van der Waals surface area contributed by atoms with Crippen LogP contribution in [0.4, 0.5) is 8.78 Å². The molecule has 6 heteroatoms. The predicted molar refractivity (Wildman–Crippen MR) is 59.0 cm³/mol. The highest BCUT2D eigenvalue weighted by molar-refractivity contribution is 5.56. The maximum Gasteiger partial charge on any atom is 0.257 e. The lowest BCUT2D eigenvalue weighted by Crippen LogP contribution is -2.20. The first-order valence-corrected chi connectivity index (χ1v) is 4.89. The summed E-state index contributed by atoms with van der Waals surface area (Å²) in [7, 11) is 4.21. The average molecular weight is 247 g/mol. The van der Waals surface area contributed by atoms with E-state index in [1.807, 2.05) is 0 Å². The van der Waals surface area contributed by atoms with Crippen LogP contribution in [-0.4, -0.2) is 27.8 Å². The maximum absolute atomic E-state index is 12.6. The molecule has 2 N–H and O–H groups in total. The highest BCUT2D eigenvalue weighted by atomic mass is 19.3. The molecule has 17 heavy (non-hydrogen) atoms. The molecule has 0 spiro atoms. The summed E-state index contributed by atoms with van der Waals surface area (Å²) in [6, 6.07) is 1.53. The van der Waals surface area contributed by atoms with Gasteiger partial charge in [-0.15, -0.1) is 0 Å². The zero-order valence-corrected chi connectivity index (χ0v) is 9.87. The number of hydrogen-bond donors (Lipinski definition) is 1. The van der Waals surface area contributed by atoms with Gasteiger partial charge in [0.25, 0.3) is 6.43 Å². The highest BCUT2D eigenvalue weighted by Gasteiger charge is 2.25. The standard InChI is InChI=1S/C11H15F2NO3/c1-15-7-5-4-6(8(14)11(12)13)9(16-2)10(7)17-3/h4-5,8,11H,14H2,1-3H3. The van der Waals surface area contributed by atoms with Crippen molar-refractivity contribution in [2.75, 3.05) is 21.3 Å². The van der Waals surface area contributed by atoms with E-state index >= 15 is 0 Å². The summed E-state index contributed by atoms with van der Waals surface area (Å²) in [5.74, 6) is 0.817. The lowest BCUT2D eigenvalue weighted by atomic mass is 10.1. The minimum absolute atomic E-state index is 0.166. The Morgan fingerprint density at radius 1 is 1.00 bits per heavy atom. The van der Waals surface area contributed by atoms with Crippen LogP contribution in [0, 0.1) is 0 Å². The van der Waals surface area contributed by atoms with Crippen molar-refractivity contribution in [2.45, 2.75) is 12.5 Å². The largest absolute Gasteiger partial charge is 0.493 e. The molecule has 1 rings (SSSR count). The second-order valence-corrected chi connectivity index (χ2v) is 3.28. The number of benzene rings is 1. The van der Waals surface area contributed by atoms with Gasteiger partial charge in [0.15, 0.2) is 11.5 Å². The van der Waals surface area contributed by atoms with Gasteiger partial charge >= 0.3 is 0 Å². The van der Waals surface area contributed by atoms with Crippen molar-refractivity contribution in [2.24, 2.45) is 5.73 Å². The quantitative estimate of drug-likeness (QED) is 0.864. The molecule has 0 fully saturated rings. The molecule has 0 radical (unpaired) electrons. The van der Waals surface area contributed by atoms with Crippen LogP contribution in [0.3, 0.4) is 0 Å². The third-order valence-electron chi connectivity index (χ3n) is 2.37. The molecular weight excluding hydrogens is 232 g/mol. The summed E-state index contributed by atoms with van der Waals surface area (Å²) in [6.07, 6.45) is -2.68. The van der Waals surface area contributed by atoms with Crippen LogP contribution >= 0.6 is 0 Å². The number of methoxy groups -OCH3 is 3. The van der Waals surface area contributed by atoms with E-state index in [9.17, 15) is 8.78 Å². The lowest BCUT2D eigenvalue weighted by molar-refractivity contribution is 0.115. The summed E-state index contributed by atoms with van der Waals surface area (Å²) in [5, 5.41) is 0. The molecule has 0 saturated heterocycles. The second kappa shape index (κ2) is 5.67. The lowest BCUT2D eigenvalue weighted by Gasteiger charge is -2.19. The molecule has 0 aromatic heterocycles. The molecule has 0 bridgehead atoms. The van der Waals surface area contributed by atoms with Crippen LogP contribution in [0.5, 0.6) is 17.2 Å². The molecule has 0 aliphatic heterocycles. The van der Waals surface area contributed by atoms with Gasteiger partial charge in [-0.1, -0.05) is 0 Å². The second-order valence-electron chi connectivity index (χ2n) is 3.28. The summed E-state index contributed by atoms with van der Waals surface area (Å²) in [6.45, 7) is 0. The molecule has 96 valence electrons. The number of alkyl halides is 2. The topological polar surface area (TPSA) is 53.7 Å². The number of nitrogens with two attached hydrogens (primary N) is 1. The van der Waals surface area contributed by atoms with Crippen LogP contribution in [0.15, 0.2) is 12.1 Å². The SMILES string of the molecule is COc1ccc(C(N)C(F)F)c(OC)c1OC. The Labute approximate surface area is 98.3 Å². The number of halogens is 2. The zero-order chi connectivity index (χ0) is 13.0. The van der Waals surface area contributed by atoms with Gasteiger partial charge in [0.2, 0.25) is 5.75 Å². The van der Waals surface area contributed by atoms with E-state index in [1.165, 1.54) is 33.5 Å². The number of hydrogen-bond acceptors (Lipinski definition) is 4. The van der Waals surface area contributed by atoms with E-state index in [0.717, 1.165) is 0 Å². The fourth-order valence-electron chi connectivity index (χ4n) is 1.52. The Morgan fingerprint density at radius 2 is 1.59 bits per heavy atom. The van der Waals surface area contributed by atoms with Crippen LogP contribution < -0.4 is 19.9 Å². The molecule has 0 heterocycles. The van der Waals surface area contributed by atoms with Crippen molar-refractivity contribution in [3.63, 3.8) is 0 Å². The van der Waals surface area contributed by atoms with Crippen molar-refractivity contribution in [1.29, 1.82) is 0 Å². The van der Waals surface area contributed by atoms with Gasteiger partial charge in [0, 0.05) is 5.56 Å². The first-order chi connectivity index (χ1) is 8.06. The third kappa shape index (κ3) is 2.58. The van der Waals surface area contributed by atoms with E-state index in [0.29, 0.717) is 5.75 Å². The van der Waals surface area contributed by atoms with Crippen molar-refractivity contribution in [3.8, 4) is 17.2 Å². The Balaban J connectivity index is 3.32. The Kier molecular flexibility index (Phi) is 4.51. The van der Waals surface area contributed by atoms with Crippen molar-refractivity contribution in [1.82, 2.24) is 0 Å².